The number of rotatable bonds is 5. The summed E-state index contributed by atoms with van der Waals surface area (Å²) in [7, 11) is 6.46. The van der Waals surface area contributed by atoms with Gasteiger partial charge in [0.2, 0.25) is 0 Å². The lowest BCUT2D eigenvalue weighted by molar-refractivity contribution is 0.0545. The summed E-state index contributed by atoms with van der Waals surface area (Å²) in [4.78, 5) is 4.99. The summed E-state index contributed by atoms with van der Waals surface area (Å²) in [6, 6.07) is 11.0. The van der Waals surface area contributed by atoms with Crippen molar-refractivity contribution < 1.29 is 0 Å². The Hall–Kier alpha value is -0.610. The third-order valence-corrected chi connectivity index (χ3v) is 4.53. The van der Waals surface area contributed by atoms with Crippen LogP contribution in [0.4, 0.5) is 0 Å². The summed E-state index contributed by atoms with van der Waals surface area (Å²) < 4.78 is 0. The number of nitrogens with zero attached hydrogens (tertiary/aromatic N) is 2. The Morgan fingerprint density at radius 3 is 2.25 bits per heavy atom. The summed E-state index contributed by atoms with van der Waals surface area (Å²) in [5.74, 6) is 0. The molecule has 2 rings (SSSR count). The van der Waals surface area contributed by atoms with Crippen molar-refractivity contribution in [3.05, 3.63) is 35.9 Å². The van der Waals surface area contributed by atoms with Crippen LogP contribution in [-0.2, 0) is 5.54 Å². The number of likely N-dealkylation sites (N-methyl/N-ethyl adjacent to an activating group) is 1. The normalized spacial score (nSPS) is 18.8. The summed E-state index contributed by atoms with van der Waals surface area (Å²) in [5, 5.41) is 3.24. The number of hydrogen-bond donors (Lipinski definition) is 1. The first kappa shape index (κ1) is 17.4. The minimum Gasteiger partial charge on any atom is -0.318 e. The first-order valence-electron chi connectivity index (χ1n) is 7.29. The first-order valence-corrected chi connectivity index (χ1v) is 7.29. The van der Waals surface area contributed by atoms with E-state index in [-0.39, 0.29) is 17.9 Å². The second kappa shape index (κ2) is 7.99. The molecule has 0 aromatic heterocycles. The van der Waals surface area contributed by atoms with E-state index in [0.717, 1.165) is 13.1 Å². The highest BCUT2D eigenvalue weighted by molar-refractivity contribution is 5.85. The SMILES string of the molecule is CNCCN1CCC(c2ccccc2)(N(C)C)CC1.Cl. The van der Waals surface area contributed by atoms with E-state index in [1.807, 2.05) is 7.05 Å². The van der Waals surface area contributed by atoms with Gasteiger partial charge in [0.15, 0.2) is 0 Å². The average molecular weight is 298 g/mol. The van der Waals surface area contributed by atoms with Gasteiger partial charge in [-0.1, -0.05) is 30.3 Å². The van der Waals surface area contributed by atoms with Crippen molar-refractivity contribution in [1.29, 1.82) is 0 Å². The molecular formula is C16H28ClN3. The van der Waals surface area contributed by atoms with Crippen molar-refractivity contribution >= 4 is 12.4 Å². The predicted molar refractivity (Wildman–Crippen MR) is 88.7 cm³/mol. The summed E-state index contributed by atoms with van der Waals surface area (Å²) in [6.07, 6.45) is 2.43. The van der Waals surface area contributed by atoms with Gasteiger partial charge in [0.1, 0.15) is 0 Å². The van der Waals surface area contributed by atoms with E-state index >= 15 is 0 Å². The predicted octanol–water partition coefficient (Wildman–Crippen LogP) is 2.18. The lowest BCUT2D eigenvalue weighted by atomic mass is 9.80. The topological polar surface area (TPSA) is 18.5 Å². The molecule has 0 bridgehead atoms. The maximum absolute atomic E-state index is 3.24. The zero-order valence-corrected chi connectivity index (χ0v) is 13.7. The van der Waals surface area contributed by atoms with E-state index in [0.29, 0.717) is 0 Å². The van der Waals surface area contributed by atoms with Gasteiger partial charge in [0, 0.05) is 31.7 Å². The van der Waals surface area contributed by atoms with Crippen LogP contribution in [0.1, 0.15) is 18.4 Å². The van der Waals surface area contributed by atoms with Gasteiger partial charge in [0.25, 0.3) is 0 Å². The lowest BCUT2D eigenvalue weighted by Crippen LogP contribution is -2.51. The van der Waals surface area contributed by atoms with Crippen LogP contribution in [0.5, 0.6) is 0 Å². The van der Waals surface area contributed by atoms with Crippen LogP contribution in [0, 0.1) is 0 Å². The Kier molecular flexibility index (Phi) is 6.96. The van der Waals surface area contributed by atoms with Crippen molar-refractivity contribution in [1.82, 2.24) is 15.1 Å². The number of halogens is 1. The van der Waals surface area contributed by atoms with E-state index in [1.165, 1.54) is 31.5 Å². The third-order valence-electron chi connectivity index (χ3n) is 4.53. The molecular weight excluding hydrogens is 270 g/mol. The first-order chi connectivity index (χ1) is 9.19. The maximum Gasteiger partial charge on any atom is 0.0479 e. The molecule has 4 heteroatoms. The highest BCUT2D eigenvalue weighted by Gasteiger charge is 2.37. The molecule has 1 aromatic carbocycles. The van der Waals surface area contributed by atoms with E-state index < -0.39 is 0 Å². The fourth-order valence-corrected chi connectivity index (χ4v) is 3.16. The molecule has 3 nitrogen and oxygen atoms in total. The molecule has 0 aliphatic carbocycles. The third kappa shape index (κ3) is 3.73. The summed E-state index contributed by atoms with van der Waals surface area (Å²) in [6.45, 7) is 4.62. The number of likely N-dealkylation sites (tertiary alicyclic amines) is 1. The zero-order valence-electron chi connectivity index (χ0n) is 12.9. The number of benzene rings is 1. The Bertz CT molecular complexity index is 373. The summed E-state index contributed by atoms with van der Waals surface area (Å²) >= 11 is 0. The quantitative estimate of drug-likeness (QED) is 0.899. The van der Waals surface area contributed by atoms with Crippen molar-refractivity contribution in [3.63, 3.8) is 0 Å². The van der Waals surface area contributed by atoms with E-state index in [1.54, 1.807) is 0 Å². The largest absolute Gasteiger partial charge is 0.318 e. The van der Waals surface area contributed by atoms with Crippen LogP contribution >= 0.6 is 12.4 Å². The molecule has 0 saturated carbocycles. The number of piperidine rings is 1. The molecule has 0 atom stereocenters. The van der Waals surface area contributed by atoms with Crippen LogP contribution in [0.25, 0.3) is 0 Å². The molecule has 0 amide bonds. The van der Waals surface area contributed by atoms with Crippen molar-refractivity contribution in [3.8, 4) is 0 Å². The molecule has 1 heterocycles. The van der Waals surface area contributed by atoms with Crippen molar-refractivity contribution in [2.24, 2.45) is 0 Å². The fourth-order valence-electron chi connectivity index (χ4n) is 3.16. The Morgan fingerprint density at radius 1 is 1.15 bits per heavy atom. The highest BCUT2D eigenvalue weighted by Crippen LogP contribution is 2.36. The highest BCUT2D eigenvalue weighted by atomic mass is 35.5. The van der Waals surface area contributed by atoms with Crippen LogP contribution < -0.4 is 5.32 Å². The number of nitrogens with one attached hydrogen (secondary N) is 1. The van der Waals surface area contributed by atoms with Crippen LogP contribution in [0.2, 0.25) is 0 Å². The number of hydrogen-bond acceptors (Lipinski definition) is 3. The molecule has 1 N–H and O–H groups in total. The second-order valence-corrected chi connectivity index (χ2v) is 5.74. The molecule has 20 heavy (non-hydrogen) atoms. The Balaban J connectivity index is 0.00000200. The average Bonchev–Trinajstić information content (AvgIpc) is 2.46. The van der Waals surface area contributed by atoms with Gasteiger partial charge in [0.05, 0.1) is 0 Å². The lowest BCUT2D eigenvalue weighted by Gasteiger charge is -2.46. The minimum atomic E-state index is 0. The Morgan fingerprint density at radius 2 is 1.75 bits per heavy atom. The van der Waals surface area contributed by atoms with Crippen molar-refractivity contribution in [2.45, 2.75) is 18.4 Å². The van der Waals surface area contributed by atoms with Gasteiger partial charge in [-0.3, -0.25) is 4.90 Å². The summed E-state index contributed by atoms with van der Waals surface area (Å²) in [5.41, 5.74) is 1.69. The van der Waals surface area contributed by atoms with Gasteiger partial charge in [-0.15, -0.1) is 12.4 Å². The molecule has 0 spiro atoms. The van der Waals surface area contributed by atoms with Gasteiger partial charge >= 0.3 is 0 Å². The van der Waals surface area contributed by atoms with Crippen molar-refractivity contribution in [2.75, 3.05) is 47.3 Å². The molecule has 1 fully saturated rings. The second-order valence-electron chi connectivity index (χ2n) is 5.74. The van der Waals surface area contributed by atoms with Gasteiger partial charge < -0.3 is 10.2 Å². The van der Waals surface area contributed by atoms with E-state index in [2.05, 4.69) is 59.5 Å². The molecule has 1 saturated heterocycles. The fraction of sp³-hybridized carbons (Fsp3) is 0.625. The van der Waals surface area contributed by atoms with E-state index in [4.69, 9.17) is 0 Å². The minimum absolute atomic E-state index is 0. The van der Waals surface area contributed by atoms with E-state index in [9.17, 15) is 0 Å². The molecule has 114 valence electrons. The smallest absolute Gasteiger partial charge is 0.0479 e. The Labute approximate surface area is 129 Å². The molecule has 0 radical (unpaired) electrons. The zero-order chi connectivity index (χ0) is 13.7. The molecule has 1 aromatic rings. The standard InChI is InChI=1S/C16H27N3.ClH/c1-17-11-14-19-12-9-16(10-13-19,18(2)3)15-7-5-4-6-8-15;/h4-8,17H,9-14H2,1-3H3;1H. The van der Waals surface area contributed by atoms with Gasteiger partial charge in [-0.25, -0.2) is 0 Å². The van der Waals surface area contributed by atoms with Crippen LogP contribution in [0.3, 0.4) is 0 Å². The maximum atomic E-state index is 3.24. The molecule has 0 unspecified atom stereocenters. The molecule has 1 aliphatic heterocycles. The molecule has 1 aliphatic rings. The van der Waals surface area contributed by atoms with Gasteiger partial charge in [-0.05, 0) is 39.5 Å². The van der Waals surface area contributed by atoms with Crippen LogP contribution in [-0.4, -0.2) is 57.1 Å². The van der Waals surface area contributed by atoms with Crippen LogP contribution in [0.15, 0.2) is 30.3 Å². The monoisotopic (exact) mass is 297 g/mol. The van der Waals surface area contributed by atoms with Gasteiger partial charge in [-0.2, -0.15) is 0 Å².